The maximum Gasteiger partial charge on any atom is 0.321 e. The number of sulfonamides is 1. The van der Waals surface area contributed by atoms with Crippen LogP contribution in [0.4, 0.5) is 16.2 Å². The van der Waals surface area contributed by atoms with Crippen LogP contribution in [-0.2, 0) is 10.0 Å². The number of hydrogen-bond donors (Lipinski definition) is 2. The minimum absolute atomic E-state index is 0.289. The molecule has 0 fully saturated rings. The molecule has 7 heteroatoms. The van der Waals surface area contributed by atoms with Gasteiger partial charge in [0.25, 0.3) is 10.0 Å². The maximum atomic E-state index is 13.2. The van der Waals surface area contributed by atoms with Crippen LogP contribution in [0, 0.1) is 34.6 Å². The van der Waals surface area contributed by atoms with E-state index in [0.717, 1.165) is 27.8 Å². The van der Waals surface area contributed by atoms with Crippen molar-refractivity contribution in [1.82, 2.24) is 4.90 Å². The number of nitrogens with zero attached hydrogens (tertiary/aromatic N) is 1. The molecular formula is C20H27N3O3S. The van der Waals surface area contributed by atoms with Gasteiger partial charge in [-0.1, -0.05) is 12.1 Å². The smallest absolute Gasteiger partial charge is 0.321 e. The Bertz CT molecular complexity index is 967. The quantitative estimate of drug-likeness (QED) is 0.825. The Hall–Kier alpha value is -2.54. The predicted octanol–water partition coefficient (Wildman–Crippen LogP) is 4.12. The van der Waals surface area contributed by atoms with Gasteiger partial charge in [-0.05, 0) is 74.6 Å². The number of rotatable bonds is 4. The molecule has 146 valence electrons. The van der Waals surface area contributed by atoms with Gasteiger partial charge in [0.05, 0.1) is 16.3 Å². The van der Waals surface area contributed by atoms with Crippen molar-refractivity contribution in [3.05, 3.63) is 52.1 Å². The maximum absolute atomic E-state index is 13.2. The summed E-state index contributed by atoms with van der Waals surface area (Å²) in [7, 11) is -0.594. The third kappa shape index (κ3) is 4.08. The molecule has 0 unspecified atom stereocenters. The van der Waals surface area contributed by atoms with Crippen molar-refractivity contribution < 1.29 is 13.2 Å². The Kier molecular flexibility index (Phi) is 5.85. The zero-order chi connectivity index (χ0) is 20.5. The van der Waals surface area contributed by atoms with E-state index in [1.807, 2.05) is 34.6 Å². The van der Waals surface area contributed by atoms with Gasteiger partial charge >= 0.3 is 6.03 Å². The molecule has 0 aromatic heterocycles. The summed E-state index contributed by atoms with van der Waals surface area (Å²) >= 11 is 0. The van der Waals surface area contributed by atoms with E-state index in [-0.39, 0.29) is 10.9 Å². The molecule has 0 saturated heterocycles. The number of urea groups is 1. The molecule has 2 aromatic rings. The Labute approximate surface area is 161 Å². The van der Waals surface area contributed by atoms with E-state index in [1.54, 1.807) is 38.4 Å². The third-order valence-corrected chi connectivity index (χ3v) is 6.66. The van der Waals surface area contributed by atoms with Crippen molar-refractivity contribution in [2.75, 3.05) is 24.1 Å². The molecule has 0 spiro atoms. The first kappa shape index (κ1) is 20.8. The van der Waals surface area contributed by atoms with Crippen molar-refractivity contribution in [1.29, 1.82) is 0 Å². The summed E-state index contributed by atoms with van der Waals surface area (Å²) in [5.41, 5.74) is 5.22. The molecule has 6 nitrogen and oxygen atoms in total. The lowest BCUT2D eigenvalue weighted by Crippen LogP contribution is -2.28. The Balaban J connectivity index is 2.52. The minimum atomic E-state index is -3.83. The lowest BCUT2D eigenvalue weighted by molar-refractivity contribution is 0.230. The molecule has 2 amide bonds. The van der Waals surface area contributed by atoms with Crippen LogP contribution in [0.2, 0.25) is 0 Å². The van der Waals surface area contributed by atoms with Crippen molar-refractivity contribution in [2.45, 2.75) is 39.5 Å². The van der Waals surface area contributed by atoms with Crippen LogP contribution >= 0.6 is 0 Å². The molecule has 27 heavy (non-hydrogen) atoms. The van der Waals surface area contributed by atoms with Crippen LogP contribution in [0.5, 0.6) is 0 Å². The van der Waals surface area contributed by atoms with Gasteiger partial charge in [-0.25, -0.2) is 13.2 Å². The minimum Gasteiger partial charge on any atom is -0.331 e. The fraction of sp³-hybridized carbons (Fsp3) is 0.350. The zero-order valence-electron chi connectivity index (χ0n) is 16.9. The van der Waals surface area contributed by atoms with Gasteiger partial charge in [-0.2, -0.15) is 0 Å². The van der Waals surface area contributed by atoms with E-state index in [9.17, 15) is 13.2 Å². The van der Waals surface area contributed by atoms with E-state index in [0.29, 0.717) is 11.4 Å². The van der Waals surface area contributed by atoms with Gasteiger partial charge in [0.1, 0.15) is 0 Å². The molecule has 0 radical (unpaired) electrons. The number of benzene rings is 2. The summed E-state index contributed by atoms with van der Waals surface area (Å²) in [5.74, 6) is 0. The number of carbonyl (C=O) groups is 1. The van der Waals surface area contributed by atoms with E-state index >= 15 is 0 Å². The number of carbonyl (C=O) groups excluding carboxylic acids is 1. The van der Waals surface area contributed by atoms with E-state index < -0.39 is 10.0 Å². The van der Waals surface area contributed by atoms with Gasteiger partial charge in [0.15, 0.2) is 0 Å². The highest BCUT2D eigenvalue weighted by Crippen LogP contribution is 2.32. The largest absolute Gasteiger partial charge is 0.331 e. The van der Waals surface area contributed by atoms with Crippen molar-refractivity contribution >= 4 is 27.4 Å². The van der Waals surface area contributed by atoms with E-state index in [4.69, 9.17) is 0 Å². The van der Waals surface area contributed by atoms with E-state index in [2.05, 4.69) is 10.0 Å². The first-order valence-electron chi connectivity index (χ1n) is 8.64. The molecule has 0 saturated carbocycles. The van der Waals surface area contributed by atoms with Crippen molar-refractivity contribution in [3.8, 4) is 0 Å². The third-order valence-electron chi connectivity index (χ3n) is 5.02. The van der Waals surface area contributed by atoms with Gasteiger partial charge < -0.3 is 10.2 Å². The highest BCUT2D eigenvalue weighted by Gasteiger charge is 2.24. The van der Waals surface area contributed by atoms with Crippen LogP contribution in [0.3, 0.4) is 0 Å². The van der Waals surface area contributed by atoms with Crippen LogP contribution in [0.25, 0.3) is 0 Å². The fourth-order valence-corrected chi connectivity index (χ4v) is 4.65. The monoisotopic (exact) mass is 389 g/mol. The molecule has 0 bridgehead atoms. The Morgan fingerprint density at radius 2 is 1.26 bits per heavy atom. The van der Waals surface area contributed by atoms with Crippen molar-refractivity contribution in [3.63, 3.8) is 0 Å². The average molecular weight is 390 g/mol. The fourth-order valence-electron chi connectivity index (χ4n) is 2.97. The van der Waals surface area contributed by atoms with Gasteiger partial charge in [0.2, 0.25) is 0 Å². The van der Waals surface area contributed by atoms with Crippen LogP contribution < -0.4 is 10.0 Å². The highest BCUT2D eigenvalue weighted by molar-refractivity contribution is 7.92. The summed E-state index contributed by atoms with van der Waals surface area (Å²) in [6.07, 6.45) is 0. The summed E-state index contributed by atoms with van der Waals surface area (Å²) in [6, 6.07) is 6.40. The number of anilines is 2. The summed E-state index contributed by atoms with van der Waals surface area (Å²) in [6.45, 7) is 9.51. The van der Waals surface area contributed by atoms with E-state index in [1.165, 1.54) is 4.90 Å². The average Bonchev–Trinajstić information content (AvgIpc) is 2.59. The number of nitrogens with one attached hydrogen (secondary N) is 2. The normalized spacial score (nSPS) is 11.2. The van der Waals surface area contributed by atoms with Crippen LogP contribution in [-0.4, -0.2) is 33.4 Å². The zero-order valence-corrected chi connectivity index (χ0v) is 17.7. The second kappa shape index (κ2) is 7.60. The predicted molar refractivity (Wildman–Crippen MR) is 110 cm³/mol. The summed E-state index contributed by atoms with van der Waals surface area (Å²) in [5, 5.41) is 2.71. The number of hydrogen-bond acceptors (Lipinski definition) is 3. The van der Waals surface area contributed by atoms with Crippen LogP contribution in [0.15, 0.2) is 29.2 Å². The standard InChI is InChI=1S/C20H27N3O3S/c1-12-13(2)15(4)19(16(5)14(12)3)27(25,26)22-18-11-9-8-10-17(18)21-20(24)23(6)7/h8-11,22H,1-7H3,(H,21,24). The first-order valence-corrected chi connectivity index (χ1v) is 10.1. The summed E-state index contributed by atoms with van der Waals surface area (Å²) < 4.78 is 29.0. The van der Waals surface area contributed by atoms with Crippen LogP contribution in [0.1, 0.15) is 27.8 Å². The SMILES string of the molecule is Cc1c(C)c(C)c(S(=O)(=O)Nc2ccccc2NC(=O)N(C)C)c(C)c1C. The molecule has 2 aromatic carbocycles. The van der Waals surface area contributed by atoms with Crippen molar-refractivity contribution in [2.24, 2.45) is 0 Å². The lowest BCUT2D eigenvalue weighted by Gasteiger charge is -2.20. The van der Waals surface area contributed by atoms with Gasteiger partial charge in [0, 0.05) is 14.1 Å². The molecule has 0 aliphatic carbocycles. The molecule has 0 aliphatic heterocycles. The Morgan fingerprint density at radius 1 is 0.815 bits per heavy atom. The van der Waals surface area contributed by atoms with Gasteiger partial charge in [-0.15, -0.1) is 0 Å². The second-order valence-corrected chi connectivity index (χ2v) is 8.55. The number of para-hydroxylation sites is 2. The molecule has 2 rings (SSSR count). The summed E-state index contributed by atoms with van der Waals surface area (Å²) in [4.78, 5) is 13.6. The van der Waals surface area contributed by atoms with Gasteiger partial charge in [-0.3, -0.25) is 4.72 Å². The first-order chi connectivity index (χ1) is 12.5. The molecule has 0 atom stereocenters. The highest BCUT2D eigenvalue weighted by atomic mass is 32.2. The second-order valence-electron chi connectivity index (χ2n) is 6.93. The molecule has 0 aliphatic rings. The Morgan fingerprint density at radius 3 is 1.74 bits per heavy atom. The topological polar surface area (TPSA) is 78.5 Å². The lowest BCUT2D eigenvalue weighted by atomic mass is 9.95. The molecule has 0 heterocycles. The number of amides is 2. The molecule has 2 N–H and O–H groups in total. The molecular weight excluding hydrogens is 362 g/mol.